The quantitative estimate of drug-likeness (QED) is 0.294. The smallest absolute Gasteiger partial charge is 0.303 e. The van der Waals surface area contributed by atoms with E-state index in [1.54, 1.807) is 29.5 Å². The van der Waals surface area contributed by atoms with Crippen molar-refractivity contribution in [3.8, 4) is 0 Å². The topological polar surface area (TPSA) is 108 Å². The van der Waals surface area contributed by atoms with Gasteiger partial charge in [-0.05, 0) is 29.5 Å². The summed E-state index contributed by atoms with van der Waals surface area (Å²) in [7, 11) is 0. The second-order valence-corrected chi connectivity index (χ2v) is 6.18. The number of alkyl halides is 1. The van der Waals surface area contributed by atoms with Crippen LogP contribution in [0.15, 0.2) is 0 Å². The molecule has 0 amide bonds. The molecule has 8 nitrogen and oxygen atoms in total. The van der Waals surface area contributed by atoms with Crippen LogP contribution < -0.4 is 0 Å². The Morgan fingerprint density at radius 2 is 1.36 bits per heavy atom. The van der Waals surface area contributed by atoms with Gasteiger partial charge in [0.2, 0.25) is 0 Å². The highest BCUT2D eigenvalue weighted by Crippen LogP contribution is 2.31. The maximum absolute atomic E-state index is 11.3. The average molecular weight is 430 g/mol. The van der Waals surface area contributed by atoms with Gasteiger partial charge >= 0.3 is 17.9 Å². The number of aliphatic hydroxyl groups excluding tert-OH is 1. The van der Waals surface area contributed by atoms with E-state index in [1.807, 2.05) is 0 Å². The largest absolute Gasteiger partial charge is 0.456 e. The molecule has 0 aromatic rings. The van der Waals surface area contributed by atoms with Crippen LogP contribution >= 0.6 is 22.6 Å². The molecule has 0 spiro atoms. The molecule has 0 radical (unpaired) electrons. The molecule has 0 aromatic heterocycles. The van der Waals surface area contributed by atoms with Gasteiger partial charge in [0, 0.05) is 20.8 Å². The zero-order chi connectivity index (χ0) is 17.0. The summed E-state index contributed by atoms with van der Waals surface area (Å²) >= 11 is 1.70. The molecular formula is C13H19IO8. The molecule has 1 aliphatic heterocycles. The third-order valence-electron chi connectivity index (χ3n) is 2.98. The van der Waals surface area contributed by atoms with Gasteiger partial charge < -0.3 is 24.1 Å². The second kappa shape index (κ2) is 8.06. The molecular weight excluding hydrogens is 411 g/mol. The highest BCUT2D eigenvalue weighted by Gasteiger charge is 2.51. The Hall–Kier alpha value is -0.940. The second-order valence-electron chi connectivity index (χ2n) is 4.90. The molecule has 9 heteroatoms. The molecule has 1 heterocycles. The van der Waals surface area contributed by atoms with E-state index in [4.69, 9.17) is 18.9 Å². The van der Waals surface area contributed by atoms with Gasteiger partial charge in [-0.15, -0.1) is 0 Å². The highest BCUT2D eigenvalue weighted by atomic mass is 127. The average Bonchev–Trinajstić information content (AvgIpc) is 2.34. The molecule has 0 aromatic carbocycles. The third kappa shape index (κ3) is 5.06. The third-order valence-corrected chi connectivity index (χ3v) is 3.69. The van der Waals surface area contributed by atoms with Gasteiger partial charge in [0.05, 0.1) is 6.10 Å². The Bertz CT molecular complexity index is 438. The van der Waals surface area contributed by atoms with E-state index in [1.165, 1.54) is 20.8 Å². The van der Waals surface area contributed by atoms with Crippen molar-refractivity contribution in [3.63, 3.8) is 0 Å². The van der Waals surface area contributed by atoms with Crippen molar-refractivity contribution >= 4 is 40.5 Å². The van der Waals surface area contributed by atoms with Gasteiger partial charge in [-0.1, -0.05) is 0 Å². The summed E-state index contributed by atoms with van der Waals surface area (Å²) in [4.78, 5) is 33.9. The van der Waals surface area contributed by atoms with Crippen LogP contribution in [0.2, 0.25) is 0 Å². The van der Waals surface area contributed by atoms with E-state index in [0.29, 0.717) is 0 Å². The summed E-state index contributed by atoms with van der Waals surface area (Å²) in [5.74, 6) is -1.85. The first-order valence-corrected chi connectivity index (χ1v) is 7.87. The number of carbonyl (C=O) groups is 3. The first-order chi connectivity index (χ1) is 10.1. The van der Waals surface area contributed by atoms with Crippen molar-refractivity contribution in [2.75, 3.05) is 0 Å². The minimum atomic E-state index is -1.09. The number of hydrogen-bond acceptors (Lipinski definition) is 8. The molecule has 1 unspecified atom stereocenters. The van der Waals surface area contributed by atoms with E-state index < -0.39 is 52.5 Å². The van der Waals surface area contributed by atoms with Crippen LogP contribution in [0.4, 0.5) is 0 Å². The molecule has 126 valence electrons. The molecule has 6 atom stereocenters. The molecule has 1 saturated heterocycles. The Morgan fingerprint density at radius 3 is 1.77 bits per heavy atom. The van der Waals surface area contributed by atoms with E-state index in [9.17, 15) is 19.5 Å². The SMILES string of the molecule is CC(=O)O[C@@H]1[C@@H](OC(C)=O)[C@H](C)O[C@H](C(O)I)[C@H]1OC(C)=O. The van der Waals surface area contributed by atoms with Gasteiger partial charge in [0.1, 0.15) is 10.2 Å². The summed E-state index contributed by atoms with van der Waals surface area (Å²) in [6, 6.07) is 0. The predicted octanol–water partition coefficient (Wildman–Crippen LogP) is 0.322. The fourth-order valence-electron chi connectivity index (χ4n) is 2.27. The molecule has 22 heavy (non-hydrogen) atoms. The number of aliphatic hydroxyl groups is 1. The van der Waals surface area contributed by atoms with Crippen molar-refractivity contribution < 1.29 is 38.4 Å². The summed E-state index contributed by atoms with van der Waals surface area (Å²) < 4.78 is 20.0. The molecule has 1 rings (SSSR count). The summed E-state index contributed by atoms with van der Waals surface area (Å²) in [5.41, 5.74) is 0. The van der Waals surface area contributed by atoms with Crippen LogP contribution in [0.5, 0.6) is 0 Å². The zero-order valence-electron chi connectivity index (χ0n) is 12.6. The molecule has 1 aliphatic rings. The van der Waals surface area contributed by atoms with Crippen LogP contribution in [0, 0.1) is 0 Å². The maximum Gasteiger partial charge on any atom is 0.303 e. The predicted molar refractivity (Wildman–Crippen MR) is 81.0 cm³/mol. The van der Waals surface area contributed by atoms with Crippen molar-refractivity contribution in [1.29, 1.82) is 0 Å². The van der Waals surface area contributed by atoms with Gasteiger partial charge in [0.25, 0.3) is 0 Å². The number of hydrogen-bond donors (Lipinski definition) is 1. The lowest BCUT2D eigenvalue weighted by atomic mass is 9.95. The lowest BCUT2D eigenvalue weighted by molar-refractivity contribution is -0.249. The highest BCUT2D eigenvalue weighted by molar-refractivity contribution is 14.1. The van der Waals surface area contributed by atoms with Crippen LogP contribution in [-0.2, 0) is 33.3 Å². The first kappa shape index (κ1) is 19.1. The van der Waals surface area contributed by atoms with Gasteiger partial charge in [-0.3, -0.25) is 14.4 Å². The van der Waals surface area contributed by atoms with Crippen LogP contribution in [-0.4, -0.2) is 57.6 Å². The van der Waals surface area contributed by atoms with Crippen LogP contribution in [0.1, 0.15) is 27.7 Å². The van der Waals surface area contributed by atoms with Gasteiger partial charge in [-0.2, -0.15) is 0 Å². The van der Waals surface area contributed by atoms with Crippen LogP contribution in [0.3, 0.4) is 0 Å². The first-order valence-electron chi connectivity index (χ1n) is 6.62. The van der Waals surface area contributed by atoms with E-state index in [0.717, 1.165) is 0 Å². The maximum atomic E-state index is 11.3. The number of halogens is 1. The molecule has 0 aliphatic carbocycles. The molecule has 0 bridgehead atoms. The standard InChI is InChI=1S/C13H19IO8/c1-5-9(20-6(2)15)10(21-7(3)16)11(22-8(4)17)12(19-5)13(14)18/h5,9-13,18H,1-4H3/t5-,9-,10+,11-,12-,13?/m0/s1. The Balaban J connectivity index is 3.15. The summed E-state index contributed by atoms with van der Waals surface area (Å²) in [6.07, 6.45) is -4.68. The van der Waals surface area contributed by atoms with Gasteiger partial charge in [-0.25, -0.2) is 0 Å². The minimum Gasteiger partial charge on any atom is -0.456 e. The number of carbonyl (C=O) groups excluding carboxylic acids is 3. The summed E-state index contributed by atoms with van der Waals surface area (Å²) in [6.45, 7) is 5.18. The lowest BCUT2D eigenvalue weighted by Crippen LogP contribution is -2.62. The van der Waals surface area contributed by atoms with E-state index in [2.05, 4.69) is 0 Å². The number of ether oxygens (including phenoxy) is 4. The monoisotopic (exact) mass is 430 g/mol. The molecule has 1 N–H and O–H groups in total. The van der Waals surface area contributed by atoms with E-state index in [-0.39, 0.29) is 0 Å². The Labute approximate surface area is 141 Å². The van der Waals surface area contributed by atoms with Gasteiger partial charge in [0.15, 0.2) is 18.3 Å². The Kier molecular flexibility index (Phi) is 7.00. The zero-order valence-corrected chi connectivity index (χ0v) is 14.8. The molecule has 1 fully saturated rings. The summed E-state index contributed by atoms with van der Waals surface area (Å²) in [5, 5.41) is 9.82. The fraction of sp³-hybridized carbons (Fsp3) is 0.769. The number of esters is 3. The van der Waals surface area contributed by atoms with Crippen LogP contribution in [0.25, 0.3) is 0 Å². The minimum absolute atomic E-state index is 0.590. The van der Waals surface area contributed by atoms with Crippen molar-refractivity contribution in [1.82, 2.24) is 0 Å². The molecule has 0 saturated carbocycles. The van der Waals surface area contributed by atoms with Crippen molar-refractivity contribution in [2.24, 2.45) is 0 Å². The number of rotatable bonds is 4. The van der Waals surface area contributed by atoms with E-state index >= 15 is 0 Å². The normalized spacial score (nSPS) is 32.7. The lowest BCUT2D eigenvalue weighted by Gasteiger charge is -2.44. The van der Waals surface area contributed by atoms with Crippen molar-refractivity contribution in [2.45, 2.75) is 62.3 Å². The Morgan fingerprint density at radius 1 is 0.955 bits per heavy atom. The van der Waals surface area contributed by atoms with Crippen molar-refractivity contribution in [3.05, 3.63) is 0 Å². The fourth-order valence-corrected chi connectivity index (χ4v) is 2.85.